The number of methoxy groups -OCH3 is 2. The smallest absolute Gasteiger partial charge is 0.243 e. The molecule has 3 aromatic rings. The predicted octanol–water partition coefficient (Wildman–Crippen LogP) is 4.01. The molecule has 0 aliphatic heterocycles. The first kappa shape index (κ1) is 29.0. The SMILES string of the molecule is C=N/C(=N\C=C(C)C)[C@@H](C)[C@H](C)S(=O)(=O)Nc1nnc(-c2cncc(C#N)c2)n1-c1c(OC)cccc1OC. The van der Waals surface area contributed by atoms with Crippen LogP contribution >= 0.6 is 0 Å². The second-order valence-corrected chi connectivity index (χ2v) is 10.8. The Hall–Kier alpha value is -4.57. The summed E-state index contributed by atoms with van der Waals surface area (Å²) in [5.74, 6) is 0.496. The maximum absolute atomic E-state index is 13.6. The lowest BCUT2D eigenvalue weighted by Crippen LogP contribution is -2.35. The van der Waals surface area contributed by atoms with Crippen LogP contribution in [0, 0.1) is 17.2 Å². The molecule has 2 aromatic heterocycles. The van der Waals surface area contributed by atoms with Gasteiger partial charge in [0, 0.05) is 30.1 Å². The van der Waals surface area contributed by atoms with Crippen LogP contribution in [-0.4, -0.2) is 60.2 Å². The van der Waals surface area contributed by atoms with Crippen LogP contribution in [-0.2, 0) is 10.0 Å². The average molecular weight is 551 g/mol. The third-order valence-electron chi connectivity index (χ3n) is 5.87. The van der Waals surface area contributed by atoms with Gasteiger partial charge in [0.05, 0.1) is 25.0 Å². The summed E-state index contributed by atoms with van der Waals surface area (Å²) in [6.45, 7) is 10.5. The van der Waals surface area contributed by atoms with Crippen molar-refractivity contribution in [3.63, 3.8) is 0 Å². The average Bonchev–Trinajstić information content (AvgIpc) is 3.34. The Balaban J connectivity index is 2.19. The molecule has 0 radical (unpaired) electrons. The molecule has 0 saturated heterocycles. The second kappa shape index (κ2) is 12.3. The van der Waals surface area contributed by atoms with Gasteiger partial charge in [0.15, 0.2) is 5.82 Å². The number of rotatable bonds is 10. The van der Waals surface area contributed by atoms with Gasteiger partial charge in [-0.2, -0.15) is 5.26 Å². The summed E-state index contributed by atoms with van der Waals surface area (Å²) in [6, 6.07) is 8.72. The van der Waals surface area contributed by atoms with Gasteiger partial charge in [0.1, 0.15) is 29.1 Å². The van der Waals surface area contributed by atoms with E-state index in [0.717, 1.165) is 5.57 Å². The number of aliphatic imine (C=N–C) groups is 2. The minimum atomic E-state index is -4.07. The zero-order chi connectivity index (χ0) is 28.7. The quantitative estimate of drug-likeness (QED) is 0.293. The van der Waals surface area contributed by atoms with Gasteiger partial charge in [-0.25, -0.2) is 18.4 Å². The number of pyridine rings is 1. The molecule has 0 unspecified atom stereocenters. The lowest BCUT2D eigenvalue weighted by molar-refractivity contribution is 0.391. The zero-order valence-corrected chi connectivity index (χ0v) is 23.4. The molecular formula is C26H30N8O4S. The molecule has 0 amide bonds. The van der Waals surface area contributed by atoms with Gasteiger partial charge in [0.2, 0.25) is 16.0 Å². The fourth-order valence-electron chi connectivity index (χ4n) is 3.62. The number of hydrogen-bond donors (Lipinski definition) is 1. The van der Waals surface area contributed by atoms with E-state index in [9.17, 15) is 13.7 Å². The summed E-state index contributed by atoms with van der Waals surface area (Å²) in [4.78, 5) is 12.3. The fraction of sp³-hybridized carbons (Fsp3) is 0.308. The van der Waals surface area contributed by atoms with Crippen molar-refractivity contribution >= 4 is 28.5 Å². The molecule has 204 valence electrons. The van der Waals surface area contributed by atoms with Gasteiger partial charge in [-0.3, -0.25) is 14.3 Å². The molecule has 2 heterocycles. The highest BCUT2D eigenvalue weighted by molar-refractivity contribution is 7.93. The van der Waals surface area contributed by atoms with Crippen molar-refractivity contribution < 1.29 is 17.9 Å². The number of para-hydroxylation sites is 1. The van der Waals surface area contributed by atoms with Crippen LogP contribution in [0.4, 0.5) is 5.95 Å². The number of ether oxygens (including phenoxy) is 2. The Labute approximate surface area is 227 Å². The summed E-state index contributed by atoms with van der Waals surface area (Å²) < 4.78 is 42.3. The maximum atomic E-state index is 13.6. The molecule has 2 atom stereocenters. The molecule has 12 nitrogen and oxygen atoms in total. The van der Waals surface area contributed by atoms with E-state index in [1.165, 1.54) is 31.2 Å². The first-order valence-corrected chi connectivity index (χ1v) is 13.3. The van der Waals surface area contributed by atoms with E-state index in [-0.39, 0.29) is 17.6 Å². The number of nitrogens with one attached hydrogen (secondary N) is 1. The first-order chi connectivity index (χ1) is 18.6. The topological polar surface area (TPSA) is 157 Å². The van der Waals surface area contributed by atoms with E-state index in [1.807, 2.05) is 19.9 Å². The summed E-state index contributed by atoms with van der Waals surface area (Å²) in [6.07, 6.45) is 4.50. The van der Waals surface area contributed by atoms with Crippen LogP contribution in [0.3, 0.4) is 0 Å². The summed E-state index contributed by atoms with van der Waals surface area (Å²) in [5, 5.41) is 16.8. The highest BCUT2D eigenvalue weighted by atomic mass is 32.2. The van der Waals surface area contributed by atoms with Crippen LogP contribution in [0.15, 0.2) is 58.4 Å². The van der Waals surface area contributed by atoms with Gasteiger partial charge in [-0.1, -0.05) is 18.6 Å². The predicted molar refractivity (Wildman–Crippen MR) is 150 cm³/mol. The van der Waals surface area contributed by atoms with Gasteiger partial charge in [0.25, 0.3) is 0 Å². The number of nitrogens with zero attached hydrogens (tertiary/aromatic N) is 7. The van der Waals surface area contributed by atoms with E-state index in [2.05, 4.69) is 36.6 Å². The number of aromatic nitrogens is 4. The maximum Gasteiger partial charge on any atom is 0.243 e. The molecule has 1 N–H and O–H groups in total. The van der Waals surface area contributed by atoms with Crippen LogP contribution in [0.5, 0.6) is 11.5 Å². The fourth-order valence-corrected chi connectivity index (χ4v) is 4.85. The summed E-state index contributed by atoms with van der Waals surface area (Å²) in [5.41, 5.74) is 1.99. The molecule has 0 bridgehead atoms. The largest absolute Gasteiger partial charge is 0.494 e. The number of benzene rings is 1. The standard InChI is InChI=1S/C26H30N8O4S/c1-16(2)13-30-24(28-5)17(3)18(4)39(35,36)33-26-32-31-25(20-11-19(12-27)14-29-15-20)34(26)23-21(37-6)9-8-10-22(23)38-7/h8-11,13-15,17-18H,5H2,1-4,6-7H3,(H,32,33)/b30-24-/t17-,18-/m0/s1. The van der Waals surface area contributed by atoms with Crippen molar-refractivity contribution in [3.8, 4) is 34.6 Å². The molecule has 13 heteroatoms. The molecule has 0 aliphatic carbocycles. The Bertz CT molecular complexity index is 1540. The highest BCUT2D eigenvalue weighted by Crippen LogP contribution is 2.38. The van der Waals surface area contributed by atoms with Crippen molar-refractivity contribution in [3.05, 3.63) is 54.0 Å². The molecule has 1 aromatic carbocycles. The minimum absolute atomic E-state index is 0.122. The first-order valence-electron chi connectivity index (χ1n) is 11.8. The highest BCUT2D eigenvalue weighted by Gasteiger charge is 2.32. The molecular weight excluding hydrogens is 520 g/mol. The lowest BCUT2D eigenvalue weighted by atomic mass is 10.1. The molecule has 0 aliphatic rings. The second-order valence-electron chi connectivity index (χ2n) is 8.76. The van der Waals surface area contributed by atoms with Crippen molar-refractivity contribution in [2.24, 2.45) is 15.9 Å². The summed E-state index contributed by atoms with van der Waals surface area (Å²) in [7, 11) is -1.12. The van der Waals surface area contributed by atoms with E-state index >= 15 is 0 Å². The number of hydrogen-bond acceptors (Lipinski definition) is 9. The number of allylic oxidation sites excluding steroid dienone is 1. The summed E-state index contributed by atoms with van der Waals surface area (Å²) >= 11 is 0. The van der Waals surface area contributed by atoms with Crippen molar-refractivity contribution in [2.75, 3.05) is 18.9 Å². The number of sulfonamides is 1. The van der Waals surface area contributed by atoms with E-state index < -0.39 is 21.2 Å². The third-order valence-corrected chi connectivity index (χ3v) is 7.72. The van der Waals surface area contributed by atoms with E-state index in [0.29, 0.717) is 28.3 Å². The van der Waals surface area contributed by atoms with Gasteiger partial charge in [-0.05, 0) is 45.7 Å². The molecule has 0 fully saturated rings. The van der Waals surface area contributed by atoms with E-state index in [4.69, 9.17) is 9.47 Å². The van der Waals surface area contributed by atoms with Crippen molar-refractivity contribution in [1.82, 2.24) is 19.7 Å². The normalized spacial score (nSPS) is 13.1. The van der Waals surface area contributed by atoms with E-state index in [1.54, 1.807) is 44.3 Å². The lowest BCUT2D eigenvalue weighted by Gasteiger charge is -2.21. The van der Waals surface area contributed by atoms with Gasteiger partial charge >= 0.3 is 0 Å². The Kier molecular flexibility index (Phi) is 9.16. The van der Waals surface area contributed by atoms with Crippen LogP contribution in [0.2, 0.25) is 0 Å². The van der Waals surface area contributed by atoms with Crippen LogP contribution in [0.25, 0.3) is 17.1 Å². The molecule has 3 rings (SSSR count). The Morgan fingerprint density at radius 3 is 2.41 bits per heavy atom. The molecule has 0 spiro atoms. The molecule has 0 saturated carbocycles. The number of amidine groups is 1. The Morgan fingerprint density at radius 2 is 1.85 bits per heavy atom. The number of anilines is 1. The monoisotopic (exact) mass is 550 g/mol. The minimum Gasteiger partial charge on any atom is -0.494 e. The zero-order valence-electron chi connectivity index (χ0n) is 22.6. The Morgan fingerprint density at radius 1 is 1.18 bits per heavy atom. The van der Waals surface area contributed by atoms with Crippen LogP contribution < -0.4 is 14.2 Å². The van der Waals surface area contributed by atoms with Crippen molar-refractivity contribution in [1.29, 1.82) is 5.26 Å². The van der Waals surface area contributed by atoms with Gasteiger partial charge in [-0.15, -0.1) is 10.2 Å². The third kappa shape index (κ3) is 6.29. The molecule has 39 heavy (non-hydrogen) atoms. The van der Waals surface area contributed by atoms with Crippen LogP contribution in [0.1, 0.15) is 33.3 Å². The number of nitriles is 1. The van der Waals surface area contributed by atoms with Crippen molar-refractivity contribution in [2.45, 2.75) is 32.9 Å². The van der Waals surface area contributed by atoms with Gasteiger partial charge < -0.3 is 9.47 Å².